The van der Waals surface area contributed by atoms with Crippen molar-refractivity contribution in [2.75, 3.05) is 4.90 Å². The predicted octanol–water partition coefficient (Wildman–Crippen LogP) is 16.2. The van der Waals surface area contributed by atoms with E-state index < -0.39 is 0 Å². The lowest BCUT2D eigenvalue weighted by Crippen LogP contribution is -2.10. The first-order valence-electron chi connectivity index (χ1n) is 21.4. The molecule has 0 aliphatic heterocycles. The Labute approximate surface area is 365 Å². The van der Waals surface area contributed by atoms with Crippen molar-refractivity contribution in [3.05, 3.63) is 237 Å². The van der Waals surface area contributed by atoms with Crippen LogP contribution in [0.2, 0.25) is 0 Å². The molecule has 3 heterocycles. The normalized spacial score (nSPS) is 11.5. The van der Waals surface area contributed by atoms with Gasteiger partial charge in [-0.1, -0.05) is 152 Å². The van der Waals surface area contributed by atoms with Crippen LogP contribution in [0.15, 0.2) is 241 Å². The van der Waals surface area contributed by atoms with E-state index in [0.717, 1.165) is 100 Å². The second-order valence-corrected chi connectivity index (χ2v) is 15.9. The monoisotopic (exact) mass is 805 g/mol. The van der Waals surface area contributed by atoms with Crippen molar-refractivity contribution in [2.45, 2.75) is 0 Å². The Bertz CT molecular complexity index is 3550. The summed E-state index contributed by atoms with van der Waals surface area (Å²) in [6.07, 6.45) is 1.87. The van der Waals surface area contributed by atoms with Crippen LogP contribution in [0.3, 0.4) is 0 Å². The maximum Gasteiger partial charge on any atom is 0.143 e. The van der Waals surface area contributed by atoms with Gasteiger partial charge in [-0.2, -0.15) is 0 Å². The van der Waals surface area contributed by atoms with Gasteiger partial charge in [0, 0.05) is 50.7 Å². The van der Waals surface area contributed by atoms with Crippen molar-refractivity contribution in [1.82, 2.24) is 9.55 Å². The standard InChI is InChI=1S/C59H39N3O/c1-3-14-40(15-4-1)41-27-29-45(30-28-41)61(46-31-33-47(34-32-46)62-55-24-9-7-21-53(55)58-56(62)25-13-37-60-58)48-35-36-49(54(39-48)42-16-5-2-6-17-42)43-18-11-19-44(38-43)50-22-12-23-52-51-20-8-10-26-57(51)63-59(50)52/h1-39H. The topological polar surface area (TPSA) is 34.2 Å². The number of aromatic nitrogens is 2. The number of benzene rings is 9. The molecular weight excluding hydrogens is 767 g/mol. The minimum absolute atomic E-state index is 0.899. The van der Waals surface area contributed by atoms with Crippen molar-refractivity contribution in [3.8, 4) is 50.2 Å². The van der Waals surface area contributed by atoms with Gasteiger partial charge in [0.25, 0.3) is 0 Å². The van der Waals surface area contributed by atoms with E-state index in [4.69, 9.17) is 9.40 Å². The maximum absolute atomic E-state index is 6.49. The van der Waals surface area contributed by atoms with Crippen molar-refractivity contribution < 1.29 is 4.42 Å². The summed E-state index contributed by atoms with van der Waals surface area (Å²) in [5, 5.41) is 3.40. The third kappa shape index (κ3) is 6.36. The Kier molecular flexibility index (Phi) is 8.79. The molecule has 12 aromatic rings. The zero-order valence-corrected chi connectivity index (χ0v) is 34.3. The number of fused-ring (bicyclic) bond motifs is 6. The maximum atomic E-state index is 6.49. The Morgan fingerprint density at radius 2 is 0.952 bits per heavy atom. The minimum Gasteiger partial charge on any atom is -0.455 e. The van der Waals surface area contributed by atoms with Crippen LogP contribution in [0.4, 0.5) is 17.1 Å². The van der Waals surface area contributed by atoms with E-state index >= 15 is 0 Å². The van der Waals surface area contributed by atoms with Crippen LogP contribution in [0.25, 0.3) is 94.1 Å². The summed E-state index contributed by atoms with van der Waals surface area (Å²) in [5.41, 5.74) is 18.4. The second-order valence-electron chi connectivity index (χ2n) is 15.9. The smallest absolute Gasteiger partial charge is 0.143 e. The minimum atomic E-state index is 0.899. The number of para-hydroxylation sites is 3. The van der Waals surface area contributed by atoms with Crippen LogP contribution in [-0.2, 0) is 0 Å². The molecule has 12 rings (SSSR count). The molecule has 0 bridgehead atoms. The Balaban J connectivity index is 1.000. The molecule has 0 radical (unpaired) electrons. The van der Waals surface area contributed by atoms with E-state index in [-0.39, 0.29) is 0 Å². The van der Waals surface area contributed by atoms with Crippen LogP contribution in [-0.4, -0.2) is 9.55 Å². The van der Waals surface area contributed by atoms with Gasteiger partial charge in [0.05, 0.1) is 16.6 Å². The molecule has 0 spiro atoms. The fraction of sp³-hybridized carbons (Fsp3) is 0. The molecule has 4 heteroatoms. The van der Waals surface area contributed by atoms with E-state index in [1.807, 2.05) is 24.4 Å². The summed E-state index contributed by atoms with van der Waals surface area (Å²) < 4.78 is 8.80. The highest BCUT2D eigenvalue weighted by atomic mass is 16.3. The van der Waals surface area contributed by atoms with Gasteiger partial charge in [-0.15, -0.1) is 0 Å². The first kappa shape index (κ1) is 36.4. The van der Waals surface area contributed by atoms with Crippen LogP contribution in [0.5, 0.6) is 0 Å². The van der Waals surface area contributed by atoms with Crippen molar-refractivity contribution in [2.24, 2.45) is 0 Å². The molecule has 0 atom stereocenters. The van der Waals surface area contributed by atoms with Gasteiger partial charge in [0.2, 0.25) is 0 Å². The van der Waals surface area contributed by atoms with Gasteiger partial charge in [-0.25, -0.2) is 0 Å². The number of anilines is 3. The van der Waals surface area contributed by atoms with E-state index in [1.165, 1.54) is 11.1 Å². The lowest BCUT2D eigenvalue weighted by Gasteiger charge is -2.27. The van der Waals surface area contributed by atoms with E-state index in [2.05, 4.69) is 222 Å². The SMILES string of the molecule is c1ccc(-c2ccc(N(c3ccc(-n4c5ccccc5c5ncccc54)cc3)c3ccc(-c4cccc(-c5cccc6c5oc5ccccc56)c4)c(-c4ccccc4)c3)cc2)cc1. The van der Waals surface area contributed by atoms with Crippen LogP contribution >= 0.6 is 0 Å². The van der Waals surface area contributed by atoms with E-state index in [1.54, 1.807) is 0 Å². The van der Waals surface area contributed by atoms with Crippen molar-refractivity contribution in [1.29, 1.82) is 0 Å². The largest absolute Gasteiger partial charge is 0.455 e. The summed E-state index contributed by atoms with van der Waals surface area (Å²) in [7, 11) is 0. The van der Waals surface area contributed by atoms with Crippen molar-refractivity contribution in [3.63, 3.8) is 0 Å². The molecule has 3 aromatic heterocycles. The van der Waals surface area contributed by atoms with Crippen molar-refractivity contribution >= 4 is 60.9 Å². The Hall–Kier alpha value is -8.47. The van der Waals surface area contributed by atoms with E-state index in [0.29, 0.717) is 0 Å². The number of nitrogens with zero attached hydrogens (tertiary/aromatic N) is 3. The second kappa shape index (κ2) is 15.2. The fourth-order valence-electron chi connectivity index (χ4n) is 9.30. The quantitative estimate of drug-likeness (QED) is 0.153. The van der Waals surface area contributed by atoms with Crippen LogP contribution in [0, 0.1) is 0 Å². The molecular formula is C59H39N3O. The van der Waals surface area contributed by atoms with Gasteiger partial charge >= 0.3 is 0 Å². The fourth-order valence-corrected chi connectivity index (χ4v) is 9.30. The average Bonchev–Trinajstić information content (AvgIpc) is 3.91. The first-order valence-corrected chi connectivity index (χ1v) is 21.4. The number of pyridine rings is 1. The highest BCUT2D eigenvalue weighted by molar-refractivity contribution is 6.10. The lowest BCUT2D eigenvalue weighted by molar-refractivity contribution is 0.670. The molecule has 0 aliphatic rings. The van der Waals surface area contributed by atoms with Gasteiger partial charge in [-0.3, -0.25) is 4.98 Å². The molecule has 0 saturated carbocycles. The molecule has 0 amide bonds. The summed E-state index contributed by atoms with van der Waals surface area (Å²) in [5.74, 6) is 0. The molecule has 4 nitrogen and oxygen atoms in total. The van der Waals surface area contributed by atoms with Gasteiger partial charge in [0.1, 0.15) is 11.2 Å². The molecule has 296 valence electrons. The Morgan fingerprint density at radius 3 is 1.75 bits per heavy atom. The van der Waals surface area contributed by atoms with Gasteiger partial charge in [0.15, 0.2) is 0 Å². The van der Waals surface area contributed by atoms with Gasteiger partial charge in [-0.05, 0) is 118 Å². The Morgan fingerprint density at radius 1 is 0.365 bits per heavy atom. The summed E-state index contributed by atoms with van der Waals surface area (Å²) >= 11 is 0. The van der Waals surface area contributed by atoms with Crippen LogP contribution < -0.4 is 4.90 Å². The summed E-state index contributed by atoms with van der Waals surface area (Å²) in [6.45, 7) is 0. The summed E-state index contributed by atoms with van der Waals surface area (Å²) in [4.78, 5) is 7.14. The summed E-state index contributed by atoms with van der Waals surface area (Å²) in [6, 6.07) is 82.2. The number of hydrogen-bond donors (Lipinski definition) is 0. The first-order chi connectivity index (χ1) is 31.2. The van der Waals surface area contributed by atoms with E-state index in [9.17, 15) is 0 Å². The third-order valence-electron chi connectivity index (χ3n) is 12.3. The molecule has 0 unspecified atom stereocenters. The predicted molar refractivity (Wildman–Crippen MR) is 262 cm³/mol. The zero-order valence-electron chi connectivity index (χ0n) is 34.3. The molecule has 0 N–H and O–H groups in total. The molecule has 0 saturated heterocycles. The molecule has 63 heavy (non-hydrogen) atoms. The zero-order chi connectivity index (χ0) is 41.7. The highest BCUT2D eigenvalue weighted by Gasteiger charge is 2.19. The number of hydrogen-bond acceptors (Lipinski definition) is 3. The van der Waals surface area contributed by atoms with Crippen LogP contribution in [0.1, 0.15) is 0 Å². The average molecular weight is 806 g/mol. The van der Waals surface area contributed by atoms with Gasteiger partial charge < -0.3 is 13.9 Å². The molecule has 9 aromatic carbocycles. The number of furan rings is 1. The third-order valence-corrected chi connectivity index (χ3v) is 12.3. The molecule has 0 fully saturated rings. The molecule has 0 aliphatic carbocycles. The lowest BCUT2D eigenvalue weighted by atomic mass is 9.91. The number of rotatable bonds is 8. The highest BCUT2D eigenvalue weighted by Crippen LogP contribution is 2.43.